The number of ether oxygens (including phenoxy) is 1. The molecular weight excluding hydrogens is 254 g/mol. The Balaban J connectivity index is 2.69. The van der Waals surface area contributed by atoms with Crippen molar-refractivity contribution in [2.45, 2.75) is 6.54 Å². The van der Waals surface area contributed by atoms with Crippen molar-refractivity contribution in [3.63, 3.8) is 0 Å². The molecule has 0 heterocycles. The van der Waals surface area contributed by atoms with Gasteiger partial charge in [0.25, 0.3) is 9.24 Å². The molecule has 88 valence electrons. The summed E-state index contributed by atoms with van der Waals surface area (Å²) in [4.78, 5) is 11.1. The van der Waals surface area contributed by atoms with E-state index in [4.69, 9.17) is 10.7 Å². The van der Waals surface area contributed by atoms with Gasteiger partial charge in [0.2, 0.25) is 0 Å². The van der Waals surface area contributed by atoms with E-state index >= 15 is 0 Å². The lowest BCUT2D eigenvalue weighted by molar-refractivity contribution is 0.0600. The summed E-state index contributed by atoms with van der Waals surface area (Å²) in [5.74, 6) is -0.440. The third-order valence-electron chi connectivity index (χ3n) is 1.82. The van der Waals surface area contributed by atoms with Gasteiger partial charge in [-0.1, -0.05) is 12.1 Å². The van der Waals surface area contributed by atoms with Gasteiger partial charge < -0.3 is 4.74 Å². The van der Waals surface area contributed by atoms with Crippen LogP contribution >= 0.6 is 10.7 Å². The molecule has 0 radical (unpaired) electrons. The van der Waals surface area contributed by atoms with E-state index in [0.29, 0.717) is 11.1 Å². The summed E-state index contributed by atoms with van der Waals surface area (Å²) in [5, 5.41) is 0. The molecule has 0 aromatic heterocycles. The lowest BCUT2D eigenvalue weighted by atomic mass is 10.1. The van der Waals surface area contributed by atoms with Crippen molar-refractivity contribution in [2.24, 2.45) is 0 Å². The second-order valence-corrected chi connectivity index (χ2v) is 5.33. The third-order valence-corrected chi connectivity index (χ3v) is 2.64. The predicted molar refractivity (Wildman–Crippen MR) is 59.4 cm³/mol. The average molecular weight is 264 g/mol. The van der Waals surface area contributed by atoms with Crippen LogP contribution in [0.15, 0.2) is 24.3 Å². The zero-order chi connectivity index (χ0) is 12.2. The van der Waals surface area contributed by atoms with E-state index in [1.165, 1.54) is 7.11 Å². The maximum atomic E-state index is 11.1. The SMILES string of the molecule is COC(=O)c1ccc(CNS(=O)(=O)Cl)cc1. The van der Waals surface area contributed by atoms with Crippen molar-refractivity contribution in [3.05, 3.63) is 35.4 Å². The van der Waals surface area contributed by atoms with Gasteiger partial charge in [-0.15, -0.1) is 0 Å². The fraction of sp³-hybridized carbons (Fsp3) is 0.222. The number of halogens is 1. The van der Waals surface area contributed by atoms with Gasteiger partial charge in [0.05, 0.1) is 12.7 Å². The number of carbonyl (C=O) groups excluding carboxylic acids is 1. The number of benzene rings is 1. The van der Waals surface area contributed by atoms with Crippen molar-refractivity contribution in [3.8, 4) is 0 Å². The maximum absolute atomic E-state index is 11.1. The lowest BCUT2D eigenvalue weighted by Gasteiger charge is -2.02. The number of esters is 1. The smallest absolute Gasteiger partial charge is 0.337 e. The first-order chi connectivity index (χ1) is 7.42. The molecule has 1 aromatic carbocycles. The Morgan fingerprint density at radius 3 is 2.38 bits per heavy atom. The highest BCUT2D eigenvalue weighted by atomic mass is 35.7. The summed E-state index contributed by atoms with van der Waals surface area (Å²) in [6.07, 6.45) is 0. The van der Waals surface area contributed by atoms with Crippen molar-refractivity contribution >= 4 is 25.9 Å². The third kappa shape index (κ3) is 4.18. The summed E-state index contributed by atoms with van der Waals surface area (Å²) in [6, 6.07) is 6.32. The van der Waals surface area contributed by atoms with Gasteiger partial charge in [-0.2, -0.15) is 13.1 Å². The first-order valence-electron chi connectivity index (χ1n) is 4.29. The van der Waals surface area contributed by atoms with Gasteiger partial charge in [0.1, 0.15) is 0 Å². The van der Waals surface area contributed by atoms with E-state index in [9.17, 15) is 13.2 Å². The average Bonchev–Trinajstić information content (AvgIpc) is 2.25. The van der Waals surface area contributed by atoms with Crippen molar-refractivity contribution in [1.82, 2.24) is 4.72 Å². The van der Waals surface area contributed by atoms with Crippen LogP contribution in [0.4, 0.5) is 0 Å². The first-order valence-corrected chi connectivity index (χ1v) is 6.60. The minimum absolute atomic E-state index is 0.0767. The molecular formula is C9H10ClNO4S. The molecule has 1 N–H and O–H groups in total. The van der Waals surface area contributed by atoms with Gasteiger partial charge in [0, 0.05) is 17.2 Å². The number of nitrogens with one attached hydrogen (secondary N) is 1. The fourth-order valence-corrected chi connectivity index (χ4v) is 1.55. The van der Waals surface area contributed by atoms with E-state index in [1.807, 2.05) is 0 Å². The molecule has 0 bridgehead atoms. The summed E-state index contributed by atoms with van der Waals surface area (Å²) in [7, 11) is 2.54. The predicted octanol–water partition coefficient (Wildman–Crippen LogP) is 1.05. The van der Waals surface area contributed by atoms with E-state index < -0.39 is 15.2 Å². The number of methoxy groups -OCH3 is 1. The second kappa shape index (κ2) is 5.29. The van der Waals surface area contributed by atoms with Gasteiger partial charge >= 0.3 is 5.97 Å². The maximum Gasteiger partial charge on any atom is 0.337 e. The van der Waals surface area contributed by atoms with Crippen molar-refractivity contribution in [2.75, 3.05) is 7.11 Å². The first kappa shape index (κ1) is 13.0. The zero-order valence-corrected chi connectivity index (χ0v) is 10.0. The molecule has 1 aromatic rings. The Morgan fingerprint density at radius 2 is 1.94 bits per heavy atom. The van der Waals surface area contributed by atoms with Crippen molar-refractivity contribution < 1.29 is 17.9 Å². The van der Waals surface area contributed by atoms with Gasteiger partial charge in [-0.25, -0.2) is 4.79 Å². The lowest BCUT2D eigenvalue weighted by Crippen LogP contribution is -2.17. The largest absolute Gasteiger partial charge is 0.465 e. The van der Waals surface area contributed by atoms with Gasteiger partial charge in [-0.3, -0.25) is 0 Å². The summed E-state index contributed by atoms with van der Waals surface area (Å²) >= 11 is 0. The molecule has 7 heteroatoms. The van der Waals surface area contributed by atoms with Crippen LogP contribution in [0.1, 0.15) is 15.9 Å². The topological polar surface area (TPSA) is 72.5 Å². The van der Waals surface area contributed by atoms with Crippen LogP contribution in [0.5, 0.6) is 0 Å². The normalized spacial score (nSPS) is 11.1. The molecule has 0 amide bonds. The standard InChI is InChI=1S/C9H10ClNO4S/c1-15-9(12)8-4-2-7(3-5-8)6-11-16(10,13)14/h2-5,11H,6H2,1H3. The molecule has 0 saturated heterocycles. The van der Waals surface area contributed by atoms with Crippen LogP contribution in [-0.4, -0.2) is 21.5 Å². The van der Waals surface area contributed by atoms with Gasteiger partial charge in [-0.05, 0) is 17.7 Å². The molecule has 1 rings (SSSR count). The number of rotatable bonds is 4. The van der Waals surface area contributed by atoms with Crippen LogP contribution in [0.25, 0.3) is 0 Å². The molecule has 0 aliphatic carbocycles. The minimum Gasteiger partial charge on any atom is -0.465 e. The Kier molecular flexibility index (Phi) is 4.28. The summed E-state index contributed by atoms with van der Waals surface area (Å²) in [5.41, 5.74) is 1.09. The van der Waals surface area contributed by atoms with Crippen LogP contribution in [0, 0.1) is 0 Å². The Bertz CT molecular complexity index is 469. The molecule has 0 atom stereocenters. The summed E-state index contributed by atoms with van der Waals surface area (Å²) < 4.78 is 27.9. The highest BCUT2D eigenvalue weighted by molar-refractivity contribution is 8.12. The molecule has 0 aliphatic heterocycles. The highest BCUT2D eigenvalue weighted by Gasteiger charge is 2.06. The van der Waals surface area contributed by atoms with E-state index in [-0.39, 0.29) is 6.54 Å². The Labute approximate surface area is 97.9 Å². The molecule has 16 heavy (non-hydrogen) atoms. The minimum atomic E-state index is -3.72. The second-order valence-electron chi connectivity index (χ2n) is 2.95. The molecule has 0 aliphatic rings. The van der Waals surface area contributed by atoms with Crippen LogP contribution in [-0.2, 0) is 20.5 Å². The van der Waals surface area contributed by atoms with Crippen molar-refractivity contribution in [1.29, 1.82) is 0 Å². The van der Waals surface area contributed by atoms with E-state index in [2.05, 4.69) is 9.46 Å². The molecule has 0 saturated carbocycles. The molecule has 0 fully saturated rings. The molecule has 0 spiro atoms. The molecule has 5 nitrogen and oxygen atoms in total. The Hall–Kier alpha value is -1.11. The van der Waals surface area contributed by atoms with Crippen LogP contribution in [0.3, 0.4) is 0 Å². The number of hydrogen-bond acceptors (Lipinski definition) is 4. The molecule has 0 unspecified atom stereocenters. The van der Waals surface area contributed by atoms with E-state index in [1.54, 1.807) is 24.3 Å². The zero-order valence-electron chi connectivity index (χ0n) is 8.44. The Morgan fingerprint density at radius 1 is 1.38 bits per heavy atom. The number of carbonyl (C=O) groups is 1. The van der Waals surface area contributed by atoms with E-state index in [0.717, 1.165) is 0 Å². The number of hydrogen-bond donors (Lipinski definition) is 1. The fourth-order valence-electron chi connectivity index (χ4n) is 1.05. The summed E-state index contributed by atoms with van der Waals surface area (Å²) in [6.45, 7) is 0.0767. The van der Waals surface area contributed by atoms with Crippen LogP contribution < -0.4 is 4.72 Å². The quantitative estimate of drug-likeness (QED) is 0.651. The highest BCUT2D eigenvalue weighted by Crippen LogP contribution is 2.06. The monoisotopic (exact) mass is 263 g/mol. The van der Waals surface area contributed by atoms with Gasteiger partial charge in [0.15, 0.2) is 0 Å². The van der Waals surface area contributed by atoms with Crippen LogP contribution in [0.2, 0.25) is 0 Å².